The van der Waals surface area contributed by atoms with Crippen molar-refractivity contribution in [1.82, 2.24) is 45.7 Å². The predicted molar refractivity (Wildman–Crippen MR) is 295 cm³/mol. The number of amides is 2. The van der Waals surface area contributed by atoms with Gasteiger partial charge in [-0.2, -0.15) is 15.1 Å². The quantitative estimate of drug-likeness (QED) is 0.0495. The van der Waals surface area contributed by atoms with Gasteiger partial charge in [0.15, 0.2) is 11.6 Å². The van der Waals surface area contributed by atoms with E-state index in [1.54, 1.807) is 49.4 Å². The Labute approximate surface area is 455 Å². The number of methoxy groups -OCH3 is 1. The van der Waals surface area contributed by atoms with Crippen molar-refractivity contribution in [2.45, 2.75) is 109 Å². The van der Waals surface area contributed by atoms with Crippen LogP contribution in [0.15, 0.2) is 84.4 Å². The summed E-state index contributed by atoms with van der Waals surface area (Å²) in [7, 11) is 1.63. The van der Waals surface area contributed by atoms with Crippen molar-refractivity contribution in [3.63, 3.8) is 0 Å². The summed E-state index contributed by atoms with van der Waals surface area (Å²) >= 11 is 0. The van der Waals surface area contributed by atoms with Gasteiger partial charge in [0.25, 0.3) is 0 Å². The van der Waals surface area contributed by atoms with E-state index in [1.165, 1.54) is 12.4 Å². The van der Waals surface area contributed by atoms with E-state index in [2.05, 4.69) is 52.6 Å². The summed E-state index contributed by atoms with van der Waals surface area (Å²) in [5.41, 5.74) is 13.6. The maximum atomic E-state index is 16.1. The molecule has 0 unspecified atom stereocenters. The average molecular weight is 1080 g/mol. The molecular formula is C59H64F2N12O6. The van der Waals surface area contributed by atoms with Crippen LogP contribution in [-0.4, -0.2) is 128 Å². The number of hydrogen-bond acceptors (Lipinski definition) is 15. The van der Waals surface area contributed by atoms with E-state index in [4.69, 9.17) is 29.9 Å². The number of nitrogens with one attached hydrogen (secondary N) is 3. The predicted octanol–water partition coefficient (Wildman–Crippen LogP) is 7.47. The van der Waals surface area contributed by atoms with Crippen LogP contribution >= 0.6 is 0 Å². The Morgan fingerprint density at radius 2 is 1.78 bits per heavy atom. The SMILES string of the molecule is CO[C@@H](C)COc1nc(N2C[C@@H]3C[C@H]2CN3)c2cc(C3CC3)c(-c3c(C)c(F)cc4[nH]ncc34)c(OCc3ccc(C(N)=C=N[C@H](C(=O)N4CCC[C@H]4C(=O)N[C@@H](CO)c4ccc(-c5ncncc5F)cc4)C(C)C)cc3)c2n1. The number of benzene rings is 4. The summed E-state index contributed by atoms with van der Waals surface area (Å²) in [5.74, 6) is 2.47. The zero-order valence-corrected chi connectivity index (χ0v) is 44.8. The highest BCUT2D eigenvalue weighted by Crippen LogP contribution is 2.53. The van der Waals surface area contributed by atoms with Gasteiger partial charge in [-0.1, -0.05) is 62.4 Å². The summed E-state index contributed by atoms with van der Waals surface area (Å²) in [4.78, 5) is 54.5. The second kappa shape index (κ2) is 22.5. The lowest BCUT2D eigenvalue weighted by atomic mass is 9.88. The summed E-state index contributed by atoms with van der Waals surface area (Å²) in [5, 5.41) is 25.8. The summed E-state index contributed by atoms with van der Waals surface area (Å²) in [6.45, 7) is 9.36. The topological polar surface area (TPSA) is 231 Å². The van der Waals surface area contributed by atoms with E-state index in [-0.39, 0.29) is 66.3 Å². The zero-order valence-electron chi connectivity index (χ0n) is 44.8. The van der Waals surface area contributed by atoms with Crippen LogP contribution in [0, 0.1) is 24.5 Å². The highest BCUT2D eigenvalue weighted by molar-refractivity contribution is 6.06. The minimum atomic E-state index is -0.890. The van der Waals surface area contributed by atoms with Crippen LogP contribution in [-0.2, 0) is 20.9 Å². The number of ether oxygens (including phenoxy) is 3. The number of aromatic amines is 1. The Morgan fingerprint density at radius 3 is 2.48 bits per heavy atom. The second-order valence-electron chi connectivity index (χ2n) is 21.5. The third-order valence-corrected chi connectivity index (χ3v) is 15.8. The molecule has 79 heavy (non-hydrogen) atoms. The number of nitrogens with two attached hydrogens (primary N) is 1. The van der Waals surface area contributed by atoms with Gasteiger partial charge in [-0.25, -0.2) is 23.7 Å². The lowest BCUT2D eigenvalue weighted by Crippen LogP contribution is -2.50. The summed E-state index contributed by atoms with van der Waals surface area (Å²) in [6, 6.07) is 16.2. The van der Waals surface area contributed by atoms with Gasteiger partial charge in [0.2, 0.25) is 11.8 Å². The normalized spacial score (nSPS) is 19.0. The number of carbonyl (C=O) groups excluding carboxylic acids is 2. The van der Waals surface area contributed by atoms with Gasteiger partial charge in [-0.15, -0.1) is 0 Å². The number of fused-ring (bicyclic) bond motifs is 4. The molecular weight excluding hydrogens is 1010 g/mol. The molecule has 1 aliphatic carbocycles. The third kappa shape index (κ3) is 10.7. The Hall–Kier alpha value is -7.90. The maximum absolute atomic E-state index is 16.1. The number of halogens is 2. The highest BCUT2D eigenvalue weighted by Gasteiger charge is 2.42. The van der Waals surface area contributed by atoms with Crippen LogP contribution in [0.3, 0.4) is 0 Å². The molecule has 4 fully saturated rings. The van der Waals surface area contributed by atoms with E-state index < -0.39 is 36.5 Å². The van der Waals surface area contributed by atoms with Crippen molar-refractivity contribution in [2.24, 2.45) is 16.6 Å². The fourth-order valence-electron chi connectivity index (χ4n) is 11.2. The number of aliphatic hydroxyl groups excluding tert-OH is 1. The standard InChI is InChI=1S/C59H64F2N12O6/c1-31(2)52(58(76)72-18-6-7-49(72)57(75)68-48(27-74)37-14-16-38(17-15-37)53-45(61)24-63-30-66-53)65-25-46(62)36-10-8-34(9-11-36)29-78-55-51(50-33(4)44(60)21-47-43(50)23-67-71-47)41(35-12-13-35)20-42-54(55)69-59(79-28-32(3)77-5)70-56(42)73-26-39-19-40(73)22-64-39/h8-11,14-17,20-21,23-24,30-32,35,39-40,48-49,52,64,74H,6-7,12-13,18-19,22,26-29,62H2,1-5H3,(H,67,71)(H,68,75)/t32-,39-,40-,48-,49-,52-/m0/s1. The van der Waals surface area contributed by atoms with Gasteiger partial charge >= 0.3 is 6.01 Å². The van der Waals surface area contributed by atoms with Crippen molar-refractivity contribution >= 4 is 51.0 Å². The number of aromatic nitrogens is 6. The average Bonchev–Trinajstić information content (AvgIpc) is 4.05. The van der Waals surface area contributed by atoms with Crippen LogP contribution < -0.4 is 30.7 Å². The molecule has 4 aliphatic rings. The minimum absolute atomic E-state index is 0.108. The Morgan fingerprint density at radius 1 is 0.987 bits per heavy atom. The molecule has 18 nitrogen and oxygen atoms in total. The van der Waals surface area contributed by atoms with Gasteiger partial charge in [0.05, 0.1) is 36.7 Å². The Kier molecular flexibility index (Phi) is 15.1. The molecule has 6 heterocycles. The number of aliphatic imine (C=N–C) groups is 1. The monoisotopic (exact) mass is 1070 g/mol. The van der Waals surface area contributed by atoms with E-state index in [9.17, 15) is 19.1 Å². The number of nitrogens with zero attached hydrogens (tertiary/aromatic N) is 8. The van der Waals surface area contributed by atoms with Gasteiger partial charge in [-0.3, -0.25) is 14.7 Å². The van der Waals surface area contributed by atoms with Gasteiger partial charge in [0.1, 0.15) is 60.2 Å². The number of piperazine rings is 1. The number of aliphatic hydroxyl groups is 1. The molecule has 0 radical (unpaired) electrons. The number of carbonyl (C=O) groups is 2. The van der Waals surface area contributed by atoms with Gasteiger partial charge in [-0.05, 0) is 92.2 Å². The fourth-order valence-corrected chi connectivity index (χ4v) is 11.2. The third-order valence-electron chi connectivity index (χ3n) is 15.8. The Bertz CT molecular complexity index is 3490. The zero-order chi connectivity index (χ0) is 55.1. The second-order valence-corrected chi connectivity index (χ2v) is 21.5. The molecule has 6 N–H and O–H groups in total. The van der Waals surface area contributed by atoms with E-state index in [1.807, 2.05) is 45.0 Å². The van der Waals surface area contributed by atoms with Crippen LogP contribution in [0.5, 0.6) is 11.8 Å². The number of likely N-dealkylation sites (tertiary alicyclic amines) is 1. The number of anilines is 1. The molecule has 0 spiro atoms. The van der Waals surface area contributed by atoms with Crippen LogP contribution in [0.2, 0.25) is 0 Å². The Balaban J connectivity index is 0.862. The molecule has 20 heteroatoms. The van der Waals surface area contributed by atoms with Crippen molar-refractivity contribution in [3.8, 4) is 34.1 Å². The molecule has 3 aromatic heterocycles. The first kappa shape index (κ1) is 53.1. The number of rotatable bonds is 19. The lowest BCUT2D eigenvalue weighted by molar-refractivity contribution is -0.140. The molecule has 2 bridgehead atoms. The molecule has 4 aromatic carbocycles. The smallest absolute Gasteiger partial charge is 0.319 e. The maximum Gasteiger partial charge on any atom is 0.319 e. The van der Waals surface area contributed by atoms with Crippen LogP contribution in [0.1, 0.15) is 92.7 Å². The number of hydrogen-bond donors (Lipinski definition) is 5. The summed E-state index contributed by atoms with van der Waals surface area (Å²) < 4.78 is 49.3. The van der Waals surface area contributed by atoms with Gasteiger partial charge in [0, 0.05) is 77.7 Å². The molecule has 3 aliphatic heterocycles. The first-order chi connectivity index (χ1) is 38.3. The first-order valence-corrected chi connectivity index (χ1v) is 27.0. The molecule has 6 atom stereocenters. The van der Waals surface area contributed by atoms with Crippen LogP contribution in [0.4, 0.5) is 14.6 Å². The molecule has 2 amide bonds. The molecule has 7 aromatic rings. The molecule has 410 valence electrons. The van der Waals surface area contributed by atoms with Gasteiger partial charge < -0.3 is 45.5 Å². The van der Waals surface area contributed by atoms with Crippen molar-refractivity contribution in [1.29, 1.82) is 0 Å². The fraction of sp³-hybridized carbons (Fsp3) is 0.407. The minimum Gasteiger partial charge on any atom is -0.486 e. The van der Waals surface area contributed by atoms with Crippen molar-refractivity contribution in [3.05, 3.63) is 119 Å². The van der Waals surface area contributed by atoms with E-state index in [0.29, 0.717) is 70.0 Å². The highest BCUT2D eigenvalue weighted by atomic mass is 19.1. The first-order valence-electron chi connectivity index (χ1n) is 27.0. The largest absolute Gasteiger partial charge is 0.486 e. The summed E-state index contributed by atoms with van der Waals surface area (Å²) in [6.07, 6.45) is 7.83. The lowest BCUT2D eigenvalue weighted by Gasteiger charge is -2.30. The molecule has 1 saturated carbocycles. The van der Waals surface area contributed by atoms with E-state index >= 15 is 4.39 Å². The van der Waals surface area contributed by atoms with Crippen molar-refractivity contribution in [2.75, 3.05) is 44.9 Å². The van der Waals surface area contributed by atoms with Crippen LogP contribution in [0.25, 0.3) is 49.9 Å². The van der Waals surface area contributed by atoms with Crippen molar-refractivity contribution < 1.29 is 37.7 Å². The number of H-pyrrole nitrogens is 1. The van der Waals surface area contributed by atoms with E-state index in [0.717, 1.165) is 71.8 Å². The molecule has 11 rings (SSSR count). The molecule has 3 saturated heterocycles.